The van der Waals surface area contributed by atoms with Gasteiger partial charge in [0.25, 0.3) is 0 Å². The highest BCUT2D eigenvalue weighted by atomic mass is 16.6. The molecule has 0 saturated carbocycles. The molecule has 0 bridgehead atoms. The second kappa shape index (κ2) is 9.26. The van der Waals surface area contributed by atoms with Crippen molar-refractivity contribution in [2.24, 2.45) is 0 Å². The first-order valence-corrected chi connectivity index (χ1v) is 9.57. The van der Waals surface area contributed by atoms with E-state index in [0.29, 0.717) is 22.6 Å². The molecule has 0 saturated heterocycles. The van der Waals surface area contributed by atoms with Gasteiger partial charge in [0.15, 0.2) is 13.2 Å². The minimum atomic E-state index is -0.664. The van der Waals surface area contributed by atoms with Crippen molar-refractivity contribution in [3.63, 3.8) is 0 Å². The molecule has 0 aliphatic carbocycles. The van der Waals surface area contributed by atoms with Gasteiger partial charge in [-0.3, -0.25) is 4.79 Å². The third kappa shape index (κ3) is 4.68. The van der Waals surface area contributed by atoms with Gasteiger partial charge in [-0.2, -0.15) is 0 Å². The van der Waals surface area contributed by atoms with Crippen molar-refractivity contribution in [1.29, 1.82) is 0 Å². The molecular formula is C23H23NO6. The summed E-state index contributed by atoms with van der Waals surface area (Å²) in [7, 11) is 0. The maximum Gasteiger partial charge on any atom is 0.344 e. The van der Waals surface area contributed by atoms with E-state index < -0.39 is 24.3 Å². The summed E-state index contributed by atoms with van der Waals surface area (Å²) < 4.78 is 15.5. The number of Topliss-reactive ketones (excluding diaryl/α,β-unsaturated/α-hetero) is 1. The van der Waals surface area contributed by atoms with E-state index in [9.17, 15) is 14.4 Å². The zero-order valence-corrected chi connectivity index (χ0v) is 17.1. The molecule has 3 aromatic rings. The van der Waals surface area contributed by atoms with E-state index in [4.69, 9.17) is 14.2 Å². The van der Waals surface area contributed by atoms with Crippen molar-refractivity contribution in [3.8, 4) is 5.75 Å². The van der Waals surface area contributed by atoms with Gasteiger partial charge in [-0.05, 0) is 49.2 Å². The summed E-state index contributed by atoms with van der Waals surface area (Å²) in [5.74, 6) is -1.07. The Kier molecular flexibility index (Phi) is 6.51. The normalized spacial score (nSPS) is 10.6. The number of benzene rings is 2. The van der Waals surface area contributed by atoms with E-state index >= 15 is 0 Å². The van der Waals surface area contributed by atoms with Gasteiger partial charge in [0.05, 0.1) is 17.9 Å². The molecule has 2 aromatic carbocycles. The molecule has 0 spiro atoms. The Morgan fingerprint density at radius 3 is 2.40 bits per heavy atom. The summed E-state index contributed by atoms with van der Waals surface area (Å²) in [4.78, 5) is 39.3. The lowest BCUT2D eigenvalue weighted by molar-refractivity contribution is -0.144. The highest BCUT2D eigenvalue weighted by Gasteiger charge is 2.23. The molecule has 0 fully saturated rings. The number of aromatic amines is 1. The third-order valence-electron chi connectivity index (χ3n) is 4.64. The third-order valence-corrected chi connectivity index (χ3v) is 4.64. The number of ketones is 1. The van der Waals surface area contributed by atoms with Crippen LogP contribution < -0.4 is 4.74 Å². The zero-order chi connectivity index (χ0) is 21.7. The summed E-state index contributed by atoms with van der Waals surface area (Å²) >= 11 is 0. The molecule has 30 heavy (non-hydrogen) atoms. The van der Waals surface area contributed by atoms with Gasteiger partial charge >= 0.3 is 11.9 Å². The molecule has 3 rings (SSSR count). The number of aryl methyl sites for hydroxylation is 1. The van der Waals surface area contributed by atoms with Crippen molar-refractivity contribution >= 4 is 28.5 Å². The van der Waals surface area contributed by atoms with E-state index in [1.165, 1.54) is 0 Å². The van der Waals surface area contributed by atoms with Crippen molar-refractivity contribution in [2.75, 3.05) is 19.8 Å². The summed E-state index contributed by atoms with van der Waals surface area (Å²) in [5.41, 5.74) is 1.55. The molecule has 0 atom stereocenters. The molecule has 0 unspecified atom stereocenters. The fraction of sp³-hybridized carbons (Fsp3) is 0.261. The van der Waals surface area contributed by atoms with Crippen LogP contribution in [0.15, 0.2) is 42.5 Å². The monoisotopic (exact) mass is 409 g/mol. The number of hydrogen-bond acceptors (Lipinski definition) is 6. The maximum absolute atomic E-state index is 12.4. The van der Waals surface area contributed by atoms with Gasteiger partial charge in [0.2, 0.25) is 5.78 Å². The highest BCUT2D eigenvalue weighted by molar-refractivity contribution is 6.02. The SMILES string of the molecule is CCOC(=O)c1c(C)[nH]c(C(=O)COC(=O)COc2ccc3ccccc3c2)c1C. The molecule has 1 heterocycles. The van der Waals surface area contributed by atoms with Crippen molar-refractivity contribution in [3.05, 3.63) is 65.0 Å². The fourth-order valence-corrected chi connectivity index (χ4v) is 3.20. The summed E-state index contributed by atoms with van der Waals surface area (Å²) in [6.45, 7) is 4.50. The molecule has 7 nitrogen and oxygen atoms in total. The van der Waals surface area contributed by atoms with Crippen LogP contribution in [0.4, 0.5) is 0 Å². The highest BCUT2D eigenvalue weighted by Crippen LogP contribution is 2.21. The van der Waals surface area contributed by atoms with Crippen LogP contribution in [0.5, 0.6) is 5.75 Å². The van der Waals surface area contributed by atoms with E-state index in [0.717, 1.165) is 10.8 Å². The smallest absolute Gasteiger partial charge is 0.344 e. The van der Waals surface area contributed by atoms with E-state index in [2.05, 4.69) is 4.98 Å². The van der Waals surface area contributed by atoms with Gasteiger partial charge in [0, 0.05) is 5.69 Å². The Balaban J connectivity index is 1.56. The number of esters is 2. The lowest BCUT2D eigenvalue weighted by Gasteiger charge is -2.08. The van der Waals surface area contributed by atoms with E-state index in [1.807, 2.05) is 36.4 Å². The van der Waals surface area contributed by atoms with Gasteiger partial charge in [-0.15, -0.1) is 0 Å². The predicted molar refractivity (Wildman–Crippen MR) is 111 cm³/mol. The minimum absolute atomic E-state index is 0.221. The number of fused-ring (bicyclic) bond motifs is 1. The number of nitrogens with one attached hydrogen (secondary N) is 1. The van der Waals surface area contributed by atoms with Crippen molar-refractivity contribution in [2.45, 2.75) is 20.8 Å². The van der Waals surface area contributed by atoms with Crippen molar-refractivity contribution < 1.29 is 28.6 Å². The number of rotatable bonds is 8. The Hall–Kier alpha value is -3.61. The van der Waals surface area contributed by atoms with Crippen LogP contribution in [0.25, 0.3) is 10.8 Å². The Morgan fingerprint density at radius 2 is 1.67 bits per heavy atom. The fourth-order valence-electron chi connectivity index (χ4n) is 3.20. The van der Waals surface area contributed by atoms with Crippen LogP contribution >= 0.6 is 0 Å². The van der Waals surface area contributed by atoms with Crippen LogP contribution in [-0.2, 0) is 14.3 Å². The van der Waals surface area contributed by atoms with Crippen LogP contribution in [0.2, 0.25) is 0 Å². The number of hydrogen-bond donors (Lipinski definition) is 1. The first kappa shape index (κ1) is 21.1. The quantitative estimate of drug-likeness (QED) is 0.450. The first-order chi connectivity index (χ1) is 14.4. The second-order valence-corrected chi connectivity index (χ2v) is 6.73. The molecule has 0 aliphatic rings. The molecule has 1 N–H and O–H groups in total. The van der Waals surface area contributed by atoms with Gasteiger partial charge in [0.1, 0.15) is 5.75 Å². The molecule has 156 valence electrons. The maximum atomic E-state index is 12.4. The number of H-pyrrole nitrogens is 1. The Bertz CT molecular complexity index is 1100. The zero-order valence-electron chi connectivity index (χ0n) is 17.1. The second-order valence-electron chi connectivity index (χ2n) is 6.73. The summed E-state index contributed by atoms with van der Waals surface area (Å²) in [6, 6.07) is 13.3. The number of carbonyl (C=O) groups is 3. The van der Waals surface area contributed by atoms with Crippen LogP contribution in [0.1, 0.15) is 39.0 Å². The Morgan fingerprint density at radius 1 is 0.933 bits per heavy atom. The molecular weight excluding hydrogens is 386 g/mol. The Labute approximate surface area is 173 Å². The lowest BCUT2D eigenvalue weighted by Crippen LogP contribution is -2.20. The molecule has 0 radical (unpaired) electrons. The van der Waals surface area contributed by atoms with Crippen molar-refractivity contribution in [1.82, 2.24) is 4.98 Å². The predicted octanol–water partition coefficient (Wildman–Crippen LogP) is 3.77. The number of ether oxygens (including phenoxy) is 3. The summed E-state index contributed by atoms with van der Waals surface area (Å²) in [5, 5.41) is 2.06. The lowest BCUT2D eigenvalue weighted by atomic mass is 10.1. The first-order valence-electron chi connectivity index (χ1n) is 9.57. The topological polar surface area (TPSA) is 94.7 Å². The van der Waals surface area contributed by atoms with Crippen LogP contribution in [0, 0.1) is 13.8 Å². The molecule has 0 amide bonds. The van der Waals surface area contributed by atoms with Gasteiger partial charge < -0.3 is 19.2 Å². The standard InChI is InChI=1S/C23H23NO6/c1-4-28-23(27)21-14(2)22(24-15(21)3)19(25)12-30-20(26)13-29-18-10-9-16-7-5-6-8-17(16)11-18/h5-11,24H,4,12-13H2,1-3H3. The largest absolute Gasteiger partial charge is 0.482 e. The average molecular weight is 409 g/mol. The van der Waals surface area contributed by atoms with E-state index in [-0.39, 0.29) is 18.9 Å². The molecule has 7 heteroatoms. The molecule has 1 aromatic heterocycles. The van der Waals surface area contributed by atoms with Crippen LogP contribution in [0.3, 0.4) is 0 Å². The van der Waals surface area contributed by atoms with E-state index in [1.54, 1.807) is 26.8 Å². The summed E-state index contributed by atoms with van der Waals surface area (Å²) in [6.07, 6.45) is 0. The molecule has 0 aliphatic heterocycles. The van der Waals surface area contributed by atoms with Crippen LogP contribution in [-0.4, -0.2) is 42.5 Å². The number of carbonyl (C=O) groups excluding carboxylic acids is 3. The number of aromatic nitrogens is 1. The van der Waals surface area contributed by atoms with Gasteiger partial charge in [-0.25, -0.2) is 9.59 Å². The minimum Gasteiger partial charge on any atom is -0.482 e. The average Bonchev–Trinajstić information content (AvgIpc) is 3.04. The van der Waals surface area contributed by atoms with Gasteiger partial charge in [-0.1, -0.05) is 30.3 Å².